The monoisotopic (exact) mass is 283 g/mol. The summed E-state index contributed by atoms with van der Waals surface area (Å²) >= 11 is 0. The lowest BCUT2D eigenvalue weighted by atomic mass is 10.0. The Morgan fingerprint density at radius 2 is 1.95 bits per heavy atom. The summed E-state index contributed by atoms with van der Waals surface area (Å²) in [5.74, 6) is -0.828. The third-order valence-electron chi connectivity index (χ3n) is 4.61. The second-order valence-electron chi connectivity index (χ2n) is 5.79. The third-order valence-corrected chi connectivity index (χ3v) is 4.61. The summed E-state index contributed by atoms with van der Waals surface area (Å²) in [4.78, 5) is 13.6. The maximum atomic E-state index is 11.2. The van der Waals surface area contributed by atoms with E-state index in [2.05, 4.69) is 54.3 Å². The van der Waals surface area contributed by atoms with Gasteiger partial charge in [0.25, 0.3) is 0 Å². The molecule has 3 rings (SSSR count). The normalized spacial score (nSPS) is 21.6. The molecule has 1 saturated carbocycles. The largest absolute Gasteiger partial charge is 0.481 e. The fourth-order valence-corrected chi connectivity index (χ4v) is 3.55. The van der Waals surface area contributed by atoms with E-state index >= 15 is 0 Å². The lowest BCUT2D eigenvalue weighted by Crippen LogP contribution is -2.33. The van der Waals surface area contributed by atoms with Crippen LogP contribution in [0.3, 0.4) is 0 Å². The number of carbonyl (C=O) groups is 1. The summed E-state index contributed by atoms with van der Waals surface area (Å²) in [5.41, 5.74) is 1.23. The van der Waals surface area contributed by atoms with Gasteiger partial charge in [0, 0.05) is 23.7 Å². The Morgan fingerprint density at radius 3 is 2.67 bits per heavy atom. The molecule has 0 spiro atoms. The second kappa shape index (κ2) is 5.76. The molecule has 21 heavy (non-hydrogen) atoms. The van der Waals surface area contributed by atoms with Crippen LogP contribution in [0.5, 0.6) is 0 Å². The van der Waals surface area contributed by atoms with Gasteiger partial charge in [-0.15, -0.1) is 0 Å². The van der Waals surface area contributed by atoms with Gasteiger partial charge in [0.1, 0.15) is 0 Å². The number of anilines is 1. The van der Waals surface area contributed by atoms with Crippen LogP contribution in [-0.4, -0.2) is 23.7 Å². The Balaban J connectivity index is 1.94. The second-order valence-corrected chi connectivity index (χ2v) is 5.79. The molecule has 0 saturated heterocycles. The fourth-order valence-electron chi connectivity index (χ4n) is 3.55. The van der Waals surface area contributed by atoms with Crippen LogP contribution in [0.4, 0.5) is 5.69 Å². The Bertz CT molecular complexity index is 647. The molecule has 1 aliphatic rings. The number of aliphatic carboxylic acids is 1. The van der Waals surface area contributed by atoms with Crippen LogP contribution in [0.1, 0.15) is 26.2 Å². The average Bonchev–Trinajstić information content (AvgIpc) is 2.98. The minimum absolute atomic E-state index is 0.181. The van der Waals surface area contributed by atoms with E-state index in [0.717, 1.165) is 25.8 Å². The quantitative estimate of drug-likeness (QED) is 0.924. The van der Waals surface area contributed by atoms with E-state index in [1.807, 2.05) is 0 Å². The van der Waals surface area contributed by atoms with E-state index in [9.17, 15) is 9.90 Å². The molecule has 0 heterocycles. The van der Waals surface area contributed by atoms with Crippen LogP contribution in [0.2, 0.25) is 0 Å². The number of hydrogen-bond acceptors (Lipinski definition) is 2. The molecule has 0 aromatic heterocycles. The molecule has 3 nitrogen and oxygen atoms in total. The number of benzene rings is 2. The molecule has 2 atom stereocenters. The van der Waals surface area contributed by atoms with Gasteiger partial charge in [-0.1, -0.05) is 36.4 Å². The standard InChI is InChI=1S/C18H21NO2/c1-2-19(15-11-10-14(12-15)18(20)21)17-9-5-7-13-6-3-4-8-16(13)17/h3-9,14-15H,2,10-12H2,1H3,(H,20,21). The first-order valence-corrected chi connectivity index (χ1v) is 7.68. The highest BCUT2D eigenvalue weighted by molar-refractivity contribution is 5.94. The molecule has 1 aliphatic carbocycles. The molecule has 2 aromatic carbocycles. The van der Waals surface area contributed by atoms with Gasteiger partial charge in [0.2, 0.25) is 0 Å². The first kappa shape index (κ1) is 13.9. The Hall–Kier alpha value is -2.03. The van der Waals surface area contributed by atoms with E-state index in [0.29, 0.717) is 6.04 Å². The smallest absolute Gasteiger partial charge is 0.306 e. The molecular formula is C18H21NO2. The van der Waals surface area contributed by atoms with Crippen molar-refractivity contribution < 1.29 is 9.90 Å². The van der Waals surface area contributed by atoms with Gasteiger partial charge in [-0.25, -0.2) is 0 Å². The van der Waals surface area contributed by atoms with Crippen LogP contribution in [0, 0.1) is 5.92 Å². The summed E-state index contributed by atoms with van der Waals surface area (Å²) < 4.78 is 0. The third kappa shape index (κ3) is 2.60. The summed E-state index contributed by atoms with van der Waals surface area (Å²) in [6.45, 7) is 3.06. The average molecular weight is 283 g/mol. The number of carboxylic acid groups (broad SMARTS) is 1. The predicted molar refractivity (Wildman–Crippen MR) is 85.7 cm³/mol. The number of hydrogen-bond donors (Lipinski definition) is 1. The highest BCUT2D eigenvalue weighted by Crippen LogP contribution is 2.35. The SMILES string of the molecule is CCN(c1cccc2ccccc12)C1CCC(C(=O)O)C1. The molecule has 0 bridgehead atoms. The van der Waals surface area contributed by atoms with Crippen molar-refractivity contribution in [2.75, 3.05) is 11.4 Å². The summed E-state index contributed by atoms with van der Waals surface area (Å²) in [5, 5.41) is 11.7. The van der Waals surface area contributed by atoms with Crippen molar-refractivity contribution in [1.29, 1.82) is 0 Å². The van der Waals surface area contributed by atoms with E-state index in [4.69, 9.17) is 0 Å². The van der Waals surface area contributed by atoms with Crippen molar-refractivity contribution in [2.45, 2.75) is 32.2 Å². The van der Waals surface area contributed by atoms with E-state index < -0.39 is 5.97 Å². The molecule has 3 heteroatoms. The van der Waals surface area contributed by atoms with Crippen molar-refractivity contribution >= 4 is 22.4 Å². The minimum atomic E-state index is -0.647. The summed E-state index contributed by atoms with van der Waals surface area (Å²) in [6, 6.07) is 15.1. The van der Waals surface area contributed by atoms with Gasteiger partial charge in [0.05, 0.1) is 5.92 Å². The molecule has 1 fully saturated rings. The van der Waals surface area contributed by atoms with Crippen molar-refractivity contribution in [3.05, 3.63) is 42.5 Å². The van der Waals surface area contributed by atoms with Crippen molar-refractivity contribution in [3.63, 3.8) is 0 Å². The first-order valence-electron chi connectivity index (χ1n) is 7.68. The van der Waals surface area contributed by atoms with Gasteiger partial charge in [-0.2, -0.15) is 0 Å². The molecule has 110 valence electrons. The zero-order chi connectivity index (χ0) is 14.8. The molecule has 0 aliphatic heterocycles. The minimum Gasteiger partial charge on any atom is -0.481 e. The maximum Gasteiger partial charge on any atom is 0.306 e. The zero-order valence-electron chi connectivity index (χ0n) is 12.3. The molecule has 1 N–H and O–H groups in total. The predicted octanol–water partition coefficient (Wildman–Crippen LogP) is 3.92. The molecular weight excluding hydrogens is 262 g/mol. The number of carboxylic acids is 1. The number of rotatable bonds is 4. The van der Waals surface area contributed by atoms with Crippen LogP contribution < -0.4 is 4.90 Å². The fraction of sp³-hybridized carbons (Fsp3) is 0.389. The van der Waals surface area contributed by atoms with Gasteiger partial charge in [-0.05, 0) is 37.6 Å². The van der Waals surface area contributed by atoms with Crippen molar-refractivity contribution in [3.8, 4) is 0 Å². The van der Waals surface area contributed by atoms with Crippen molar-refractivity contribution in [2.24, 2.45) is 5.92 Å². The van der Waals surface area contributed by atoms with Crippen LogP contribution in [0.25, 0.3) is 10.8 Å². The van der Waals surface area contributed by atoms with Gasteiger partial charge in [-0.3, -0.25) is 4.79 Å². The maximum absolute atomic E-state index is 11.2. The van der Waals surface area contributed by atoms with Crippen molar-refractivity contribution in [1.82, 2.24) is 0 Å². The highest BCUT2D eigenvalue weighted by Gasteiger charge is 2.33. The Labute approximate surface area is 125 Å². The zero-order valence-corrected chi connectivity index (χ0v) is 12.3. The van der Waals surface area contributed by atoms with Gasteiger partial charge in [0.15, 0.2) is 0 Å². The lowest BCUT2D eigenvalue weighted by molar-refractivity contribution is -0.141. The van der Waals surface area contributed by atoms with E-state index in [1.54, 1.807) is 0 Å². The Morgan fingerprint density at radius 1 is 1.19 bits per heavy atom. The summed E-state index contributed by atoms with van der Waals surface area (Å²) in [7, 11) is 0. The van der Waals surface area contributed by atoms with Crippen LogP contribution in [-0.2, 0) is 4.79 Å². The highest BCUT2D eigenvalue weighted by atomic mass is 16.4. The lowest BCUT2D eigenvalue weighted by Gasteiger charge is -2.31. The van der Waals surface area contributed by atoms with Gasteiger partial charge >= 0.3 is 5.97 Å². The molecule has 0 radical (unpaired) electrons. The van der Waals surface area contributed by atoms with Crippen LogP contribution >= 0.6 is 0 Å². The molecule has 2 unspecified atom stereocenters. The van der Waals surface area contributed by atoms with E-state index in [1.165, 1.54) is 16.5 Å². The molecule has 2 aromatic rings. The Kier molecular flexibility index (Phi) is 3.82. The van der Waals surface area contributed by atoms with E-state index in [-0.39, 0.29) is 5.92 Å². The molecule has 0 amide bonds. The number of fused-ring (bicyclic) bond motifs is 1. The van der Waals surface area contributed by atoms with Gasteiger partial charge < -0.3 is 10.0 Å². The number of nitrogens with zero attached hydrogens (tertiary/aromatic N) is 1. The van der Waals surface area contributed by atoms with Crippen LogP contribution in [0.15, 0.2) is 42.5 Å². The topological polar surface area (TPSA) is 40.5 Å². The first-order chi connectivity index (χ1) is 10.2. The summed E-state index contributed by atoms with van der Waals surface area (Å²) in [6.07, 6.45) is 2.52.